The van der Waals surface area contributed by atoms with Gasteiger partial charge in [-0.25, -0.2) is 8.42 Å². The smallest absolute Gasteiger partial charge is 0.221 e. The fraction of sp³-hybridized carbons (Fsp3) is 0.133. The molecular formula is C15H15NO4S. The van der Waals surface area contributed by atoms with Gasteiger partial charge in [-0.1, -0.05) is 0 Å². The molecule has 0 aromatic heterocycles. The Hall–Kier alpha value is -2.34. The largest absolute Gasteiger partial charge is 0.457 e. The van der Waals surface area contributed by atoms with E-state index in [-0.39, 0.29) is 10.8 Å². The van der Waals surface area contributed by atoms with Crippen molar-refractivity contribution in [3.63, 3.8) is 0 Å². The lowest BCUT2D eigenvalue weighted by atomic mass is 10.3. The minimum atomic E-state index is -3.21. The molecule has 2 aromatic rings. The zero-order valence-corrected chi connectivity index (χ0v) is 12.5. The molecule has 0 aliphatic rings. The zero-order valence-electron chi connectivity index (χ0n) is 11.7. The van der Waals surface area contributed by atoms with Crippen molar-refractivity contribution in [3.8, 4) is 11.5 Å². The van der Waals surface area contributed by atoms with Crippen LogP contribution in [0.5, 0.6) is 11.5 Å². The van der Waals surface area contributed by atoms with Crippen LogP contribution in [0.15, 0.2) is 53.4 Å². The number of benzene rings is 2. The second kappa shape index (κ2) is 5.97. The quantitative estimate of drug-likeness (QED) is 0.942. The Bertz CT molecular complexity index is 734. The molecule has 2 rings (SSSR count). The summed E-state index contributed by atoms with van der Waals surface area (Å²) in [5.74, 6) is 0.992. The van der Waals surface area contributed by atoms with Gasteiger partial charge in [0, 0.05) is 18.9 Å². The van der Waals surface area contributed by atoms with Gasteiger partial charge in [0.25, 0.3) is 0 Å². The lowest BCUT2D eigenvalue weighted by Crippen LogP contribution is -2.05. The number of nitrogens with one attached hydrogen (secondary N) is 1. The molecule has 110 valence electrons. The molecule has 21 heavy (non-hydrogen) atoms. The molecule has 2 aromatic carbocycles. The van der Waals surface area contributed by atoms with E-state index in [1.54, 1.807) is 36.4 Å². The summed E-state index contributed by atoms with van der Waals surface area (Å²) in [6.07, 6.45) is 1.16. The van der Waals surface area contributed by atoms with E-state index in [1.165, 1.54) is 19.1 Å². The minimum Gasteiger partial charge on any atom is -0.457 e. The standard InChI is InChI=1S/C15H15NO4S/c1-11(17)16-12-3-5-13(6-4-12)20-14-7-9-15(10-8-14)21(2,18)19/h3-10H,1-2H3,(H,16,17). The fourth-order valence-corrected chi connectivity index (χ4v) is 2.33. The van der Waals surface area contributed by atoms with Crippen LogP contribution in [0, 0.1) is 0 Å². The number of carbonyl (C=O) groups excluding carboxylic acids is 1. The van der Waals surface area contributed by atoms with Crippen molar-refractivity contribution in [2.75, 3.05) is 11.6 Å². The first-order valence-corrected chi connectivity index (χ1v) is 8.09. The van der Waals surface area contributed by atoms with Crippen molar-refractivity contribution >= 4 is 21.4 Å². The number of sulfone groups is 1. The van der Waals surface area contributed by atoms with Crippen LogP contribution in [0.25, 0.3) is 0 Å². The van der Waals surface area contributed by atoms with Crippen molar-refractivity contribution in [3.05, 3.63) is 48.5 Å². The average Bonchev–Trinajstić information content (AvgIpc) is 2.40. The minimum absolute atomic E-state index is 0.139. The van der Waals surface area contributed by atoms with Gasteiger partial charge in [-0.2, -0.15) is 0 Å². The van der Waals surface area contributed by atoms with Crippen LogP contribution in [-0.2, 0) is 14.6 Å². The van der Waals surface area contributed by atoms with Gasteiger partial charge in [-0.05, 0) is 48.5 Å². The average molecular weight is 305 g/mol. The second-order valence-corrected chi connectivity index (χ2v) is 6.57. The van der Waals surface area contributed by atoms with Crippen molar-refractivity contribution in [1.82, 2.24) is 0 Å². The third-order valence-corrected chi connectivity index (χ3v) is 3.79. The van der Waals surface area contributed by atoms with Gasteiger partial charge in [0.15, 0.2) is 9.84 Å². The van der Waals surface area contributed by atoms with Crippen LogP contribution in [-0.4, -0.2) is 20.6 Å². The highest BCUT2D eigenvalue weighted by atomic mass is 32.2. The first kappa shape index (κ1) is 15.1. The molecule has 1 N–H and O–H groups in total. The first-order valence-electron chi connectivity index (χ1n) is 6.20. The number of anilines is 1. The van der Waals surface area contributed by atoms with Crippen LogP contribution in [0.2, 0.25) is 0 Å². The maximum atomic E-state index is 11.4. The van der Waals surface area contributed by atoms with Gasteiger partial charge in [0.1, 0.15) is 11.5 Å². The van der Waals surface area contributed by atoms with Gasteiger partial charge in [0.2, 0.25) is 5.91 Å². The summed E-state index contributed by atoms with van der Waals surface area (Å²) in [6, 6.07) is 13.1. The molecule has 5 nitrogen and oxygen atoms in total. The summed E-state index contributed by atoms with van der Waals surface area (Å²) < 4.78 is 28.3. The number of rotatable bonds is 4. The Morgan fingerprint density at radius 1 is 0.952 bits per heavy atom. The molecule has 0 aliphatic carbocycles. The highest BCUT2D eigenvalue weighted by Gasteiger charge is 2.06. The van der Waals surface area contributed by atoms with Crippen LogP contribution in [0.4, 0.5) is 5.69 Å². The molecular weight excluding hydrogens is 290 g/mol. The van der Waals surface area contributed by atoms with Gasteiger partial charge < -0.3 is 10.1 Å². The van der Waals surface area contributed by atoms with Gasteiger partial charge >= 0.3 is 0 Å². The van der Waals surface area contributed by atoms with E-state index in [9.17, 15) is 13.2 Å². The third kappa shape index (κ3) is 4.32. The van der Waals surface area contributed by atoms with Crippen LogP contribution >= 0.6 is 0 Å². The van der Waals surface area contributed by atoms with E-state index in [1.807, 2.05) is 0 Å². The predicted octanol–water partition coefficient (Wildman–Crippen LogP) is 2.84. The normalized spacial score (nSPS) is 11.0. The van der Waals surface area contributed by atoms with E-state index >= 15 is 0 Å². The molecule has 6 heteroatoms. The summed E-state index contributed by atoms with van der Waals surface area (Å²) in [5, 5.41) is 2.66. The van der Waals surface area contributed by atoms with E-state index in [0.29, 0.717) is 17.2 Å². The molecule has 0 spiro atoms. The Morgan fingerprint density at radius 3 is 1.86 bits per heavy atom. The van der Waals surface area contributed by atoms with Crippen molar-refractivity contribution in [2.45, 2.75) is 11.8 Å². The highest BCUT2D eigenvalue weighted by molar-refractivity contribution is 7.90. The molecule has 0 aliphatic heterocycles. The van der Waals surface area contributed by atoms with Crippen molar-refractivity contribution < 1.29 is 17.9 Å². The predicted molar refractivity (Wildman–Crippen MR) is 80.4 cm³/mol. The molecule has 0 saturated heterocycles. The van der Waals surface area contributed by atoms with Crippen molar-refractivity contribution in [2.24, 2.45) is 0 Å². The molecule has 0 saturated carbocycles. The molecule has 0 atom stereocenters. The Labute approximate surface area is 123 Å². The SMILES string of the molecule is CC(=O)Nc1ccc(Oc2ccc(S(C)(=O)=O)cc2)cc1. The highest BCUT2D eigenvalue weighted by Crippen LogP contribution is 2.24. The molecule has 0 heterocycles. The van der Waals surface area contributed by atoms with E-state index < -0.39 is 9.84 Å². The summed E-state index contributed by atoms with van der Waals surface area (Å²) in [5.41, 5.74) is 0.683. The summed E-state index contributed by atoms with van der Waals surface area (Å²) in [6.45, 7) is 1.44. The molecule has 0 fully saturated rings. The Kier molecular flexibility index (Phi) is 4.28. The van der Waals surface area contributed by atoms with E-state index in [4.69, 9.17) is 4.74 Å². The summed E-state index contributed by atoms with van der Waals surface area (Å²) >= 11 is 0. The third-order valence-electron chi connectivity index (χ3n) is 2.66. The maximum Gasteiger partial charge on any atom is 0.221 e. The topological polar surface area (TPSA) is 72.5 Å². The van der Waals surface area contributed by atoms with Crippen LogP contribution in [0.3, 0.4) is 0 Å². The fourth-order valence-electron chi connectivity index (χ4n) is 1.70. The summed E-state index contributed by atoms with van der Waals surface area (Å²) in [4.78, 5) is 11.2. The molecule has 0 bridgehead atoms. The zero-order chi connectivity index (χ0) is 15.5. The molecule has 0 unspecified atom stereocenters. The van der Waals surface area contributed by atoms with Gasteiger partial charge in [-0.15, -0.1) is 0 Å². The van der Waals surface area contributed by atoms with Crippen LogP contribution < -0.4 is 10.1 Å². The van der Waals surface area contributed by atoms with Gasteiger partial charge in [-0.3, -0.25) is 4.79 Å². The van der Waals surface area contributed by atoms with E-state index in [0.717, 1.165) is 6.26 Å². The number of hydrogen-bond donors (Lipinski definition) is 1. The number of hydrogen-bond acceptors (Lipinski definition) is 4. The maximum absolute atomic E-state index is 11.4. The number of ether oxygens (including phenoxy) is 1. The second-order valence-electron chi connectivity index (χ2n) is 4.55. The number of carbonyl (C=O) groups is 1. The number of amides is 1. The Morgan fingerprint density at radius 2 is 1.43 bits per heavy atom. The summed E-state index contributed by atoms with van der Waals surface area (Å²) in [7, 11) is -3.21. The lowest BCUT2D eigenvalue weighted by molar-refractivity contribution is -0.114. The Balaban J connectivity index is 2.09. The first-order chi connectivity index (χ1) is 9.84. The lowest BCUT2D eigenvalue weighted by Gasteiger charge is -2.07. The molecule has 1 amide bonds. The molecule has 0 radical (unpaired) electrons. The van der Waals surface area contributed by atoms with Crippen LogP contribution in [0.1, 0.15) is 6.92 Å². The van der Waals surface area contributed by atoms with E-state index in [2.05, 4.69) is 5.32 Å². The van der Waals surface area contributed by atoms with Crippen molar-refractivity contribution in [1.29, 1.82) is 0 Å². The van der Waals surface area contributed by atoms with Gasteiger partial charge in [0.05, 0.1) is 4.90 Å². The monoisotopic (exact) mass is 305 g/mol.